The summed E-state index contributed by atoms with van der Waals surface area (Å²) in [5.41, 5.74) is 0.640. The van der Waals surface area contributed by atoms with Gasteiger partial charge in [0.25, 0.3) is 11.8 Å². The minimum absolute atomic E-state index is 0.0255. The number of hydrogen-bond donors (Lipinski definition) is 1. The second-order valence-electron chi connectivity index (χ2n) is 5.76. The van der Waals surface area contributed by atoms with Crippen molar-refractivity contribution < 1.29 is 14.3 Å². The minimum atomic E-state index is -0.245. The van der Waals surface area contributed by atoms with E-state index < -0.39 is 0 Å². The van der Waals surface area contributed by atoms with Gasteiger partial charge in [-0.2, -0.15) is 0 Å². The van der Waals surface area contributed by atoms with E-state index in [-0.39, 0.29) is 18.4 Å². The molecule has 1 N–H and O–H groups in total. The number of thioether (sulfide) groups is 1. The average Bonchev–Trinajstić information content (AvgIpc) is 2.92. The van der Waals surface area contributed by atoms with Crippen LogP contribution in [0.2, 0.25) is 5.02 Å². The van der Waals surface area contributed by atoms with Crippen LogP contribution in [0.3, 0.4) is 0 Å². The first kappa shape index (κ1) is 18.2. The van der Waals surface area contributed by atoms with Crippen LogP contribution < -0.4 is 10.1 Å². The Morgan fingerprint density at radius 2 is 2.12 bits per heavy atom. The molecule has 0 radical (unpaired) electrons. The van der Waals surface area contributed by atoms with Gasteiger partial charge in [0.2, 0.25) is 0 Å². The van der Waals surface area contributed by atoms with Crippen molar-refractivity contribution >= 4 is 57.8 Å². The third-order valence-electron chi connectivity index (χ3n) is 3.96. The minimum Gasteiger partial charge on any atom is -0.483 e. The number of piperidine rings is 1. The van der Waals surface area contributed by atoms with Gasteiger partial charge in [0, 0.05) is 23.7 Å². The van der Waals surface area contributed by atoms with Gasteiger partial charge in [-0.1, -0.05) is 35.6 Å². The molecule has 8 heteroatoms. The molecule has 2 amide bonds. The van der Waals surface area contributed by atoms with Crippen molar-refractivity contribution in [2.24, 2.45) is 0 Å². The van der Waals surface area contributed by atoms with Crippen LogP contribution in [0.15, 0.2) is 23.1 Å². The molecule has 0 bridgehead atoms. The highest BCUT2D eigenvalue weighted by Gasteiger charge is 2.23. The van der Waals surface area contributed by atoms with E-state index in [1.54, 1.807) is 24.3 Å². The largest absolute Gasteiger partial charge is 0.483 e. The van der Waals surface area contributed by atoms with Crippen LogP contribution in [0.5, 0.6) is 5.75 Å². The lowest BCUT2D eigenvalue weighted by Crippen LogP contribution is -2.38. The Morgan fingerprint density at radius 1 is 1.36 bits per heavy atom. The molecule has 2 saturated heterocycles. The molecule has 0 aromatic heterocycles. The SMILES string of the molecule is O=C1NC(=S)S/C1=C\c1cc(Cl)ccc1OCC(=O)N1CCCCC1. The zero-order valence-electron chi connectivity index (χ0n) is 13.4. The molecule has 3 rings (SSSR count). The molecule has 0 saturated carbocycles. The highest BCUT2D eigenvalue weighted by atomic mass is 35.5. The molecule has 1 aromatic rings. The smallest absolute Gasteiger partial charge is 0.263 e. The summed E-state index contributed by atoms with van der Waals surface area (Å²) in [6.45, 7) is 1.54. The molecule has 0 atom stereocenters. The van der Waals surface area contributed by atoms with Crippen LogP contribution >= 0.6 is 35.6 Å². The fourth-order valence-corrected chi connectivity index (χ4v) is 3.92. The van der Waals surface area contributed by atoms with Crippen LogP contribution in [0, 0.1) is 0 Å². The third-order valence-corrected chi connectivity index (χ3v) is 5.36. The maximum atomic E-state index is 12.3. The number of likely N-dealkylation sites (tertiary alicyclic amines) is 1. The number of rotatable bonds is 4. The zero-order chi connectivity index (χ0) is 17.8. The van der Waals surface area contributed by atoms with Crippen LogP contribution in [-0.2, 0) is 9.59 Å². The van der Waals surface area contributed by atoms with Crippen molar-refractivity contribution in [1.82, 2.24) is 10.2 Å². The maximum absolute atomic E-state index is 12.3. The number of ether oxygens (including phenoxy) is 1. The predicted molar refractivity (Wildman–Crippen MR) is 104 cm³/mol. The van der Waals surface area contributed by atoms with Crippen LogP contribution in [0.4, 0.5) is 0 Å². The van der Waals surface area contributed by atoms with Gasteiger partial charge in [0.05, 0.1) is 4.91 Å². The summed E-state index contributed by atoms with van der Waals surface area (Å²) in [6, 6.07) is 5.09. The van der Waals surface area contributed by atoms with E-state index in [1.807, 2.05) is 4.90 Å². The van der Waals surface area contributed by atoms with Gasteiger partial charge >= 0.3 is 0 Å². The van der Waals surface area contributed by atoms with Crippen molar-refractivity contribution in [1.29, 1.82) is 0 Å². The highest BCUT2D eigenvalue weighted by Crippen LogP contribution is 2.31. The van der Waals surface area contributed by atoms with E-state index in [2.05, 4.69) is 5.32 Å². The highest BCUT2D eigenvalue weighted by molar-refractivity contribution is 8.26. The monoisotopic (exact) mass is 396 g/mol. The summed E-state index contributed by atoms with van der Waals surface area (Å²) >= 11 is 12.2. The molecule has 2 aliphatic rings. The average molecular weight is 397 g/mol. The fourth-order valence-electron chi connectivity index (χ4n) is 2.70. The molecule has 5 nitrogen and oxygen atoms in total. The van der Waals surface area contributed by atoms with Crippen molar-refractivity contribution in [2.45, 2.75) is 19.3 Å². The lowest BCUT2D eigenvalue weighted by atomic mass is 10.1. The van der Waals surface area contributed by atoms with E-state index in [4.69, 9.17) is 28.6 Å². The van der Waals surface area contributed by atoms with Gasteiger partial charge in [-0.15, -0.1) is 0 Å². The quantitative estimate of drug-likeness (QED) is 0.625. The second-order valence-corrected chi connectivity index (χ2v) is 7.92. The van der Waals surface area contributed by atoms with Gasteiger partial charge in [-0.25, -0.2) is 0 Å². The summed E-state index contributed by atoms with van der Waals surface area (Å²) < 4.78 is 6.13. The van der Waals surface area contributed by atoms with Crippen LogP contribution in [0.25, 0.3) is 6.08 Å². The van der Waals surface area contributed by atoms with E-state index in [0.29, 0.717) is 25.6 Å². The van der Waals surface area contributed by atoms with Crippen molar-refractivity contribution in [3.63, 3.8) is 0 Å². The molecule has 0 aliphatic carbocycles. The second kappa shape index (κ2) is 8.21. The number of amides is 2. The van der Waals surface area contributed by atoms with Gasteiger partial charge in [-0.3, -0.25) is 9.59 Å². The molecule has 25 heavy (non-hydrogen) atoms. The number of nitrogens with zero attached hydrogens (tertiary/aromatic N) is 1. The Kier molecular flexibility index (Phi) is 5.98. The molecular formula is C17H17ClN2O3S2. The molecular weight excluding hydrogens is 380 g/mol. The lowest BCUT2D eigenvalue weighted by molar-refractivity contribution is -0.134. The summed E-state index contributed by atoms with van der Waals surface area (Å²) in [5.74, 6) is 0.237. The Labute approximate surface area is 160 Å². The molecule has 0 unspecified atom stereocenters. The third kappa shape index (κ3) is 4.74. The Hall–Kier alpha value is -1.57. The number of benzene rings is 1. The van der Waals surface area contributed by atoms with E-state index in [0.717, 1.165) is 25.9 Å². The number of carbonyl (C=O) groups excluding carboxylic acids is 2. The summed E-state index contributed by atoms with van der Waals surface area (Å²) in [5, 5.41) is 3.09. The maximum Gasteiger partial charge on any atom is 0.263 e. The fraction of sp³-hybridized carbons (Fsp3) is 0.353. The first-order chi connectivity index (χ1) is 12.0. The predicted octanol–water partition coefficient (Wildman–Crippen LogP) is 3.22. The Bertz CT molecular complexity index is 745. The van der Waals surface area contributed by atoms with Gasteiger partial charge in [-0.05, 0) is 43.5 Å². The first-order valence-corrected chi connectivity index (χ1v) is 9.58. The standard InChI is InChI=1S/C17H17ClN2O3S2/c18-12-4-5-13(23-10-15(21)20-6-2-1-3-7-20)11(8-12)9-14-16(22)19-17(24)25-14/h4-5,8-9H,1-3,6-7,10H2,(H,19,22,24)/b14-9-. The number of nitrogens with one attached hydrogen (secondary N) is 1. The topological polar surface area (TPSA) is 58.6 Å². The van der Waals surface area contributed by atoms with Crippen molar-refractivity contribution in [3.05, 3.63) is 33.7 Å². The molecule has 0 spiro atoms. The molecule has 132 valence electrons. The summed E-state index contributed by atoms with van der Waals surface area (Å²) in [4.78, 5) is 26.4. The van der Waals surface area contributed by atoms with Crippen LogP contribution in [0.1, 0.15) is 24.8 Å². The Balaban J connectivity index is 1.73. The van der Waals surface area contributed by atoms with Gasteiger partial charge < -0.3 is 15.0 Å². The first-order valence-electron chi connectivity index (χ1n) is 7.98. The van der Waals surface area contributed by atoms with Crippen LogP contribution in [-0.4, -0.2) is 40.7 Å². The summed E-state index contributed by atoms with van der Waals surface area (Å²) in [6.07, 6.45) is 4.92. The summed E-state index contributed by atoms with van der Waals surface area (Å²) in [7, 11) is 0. The Morgan fingerprint density at radius 3 is 2.80 bits per heavy atom. The molecule has 2 heterocycles. The normalized spacial score (nSPS) is 19.2. The van der Waals surface area contributed by atoms with E-state index >= 15 is 0 Å². The molecule has 2 aliphatic heterocycles. The van der Waals surface area contributed by atoms with Crippen molar-refractivity contribution in [2.75, 3.05) is 19.7 Å². The van der Waals surface area contributed by atoms with E-state index in [9.17, 15) is 9.59 Å². The lowest BCUT2D eigenvalue weighted by Gasteiger charge is -2.26. The number of thiocarbonyl (C=S) groups is 1. The van der Waals surface area contributed by atoms with Gasteiger partial charge in [0.15, 0.2) is 6.61 Å². The number of halogens is 1. The zero-order valence-corrected chi connectivity index (χ0v) is 15.8. The number of hydrogen-bond acceptors (Lipinski definition) is 5. The molecule has 1 aromatic carbocycles. The molecule has 2 fully saturated rings. The van der Waals surface area contributed by atoms with Gasteiger partial charge in [0.1, 0.15) is 10.1 Å². The van der Waals surface area contributed by atoms with Crippen molar-refractivity contribution in [3.8, 4) is 5.75 Å². The number of carbonyl (C=O) groups is 2. The van der Waals surface area contributed by atoms with E-state index in [1.165, 1.54) is 18.2 Å².